The van der Waals surface area contributed by atoms with Crippen molar-refractivity contribution in [1.29, 1.82) is 0 Å². The zero-order chi connectivity index (χ0) is 28.8. The number of pyridine rings is 1. The van der Waals surface area contributed by atoms with Crippen molar-refractivity contribution in [3.8, 4) is 22.5 Å². The molecule has 0 amide bonds. The average Bonchev–Trinajstić information content (AvgIpc) is 3.48. The van der Waals surface area contributed by atoms with Gasteiger partial charge in [0.25, 0.3) is 10.0 Å². The second kappa shape index (κ2) is 10.4. The van der Waals surface area contributed by atoms with Gasteiger partial charge in [0.2, 0.25) is 5.95 Å². The molecule has 0 aromatic carbocycles. The summed E-state index contributed by atoms with van der Waals surface area (Å²) >= 11 is 0. The summed E-state index contributed by atoms with van der Waals surface area (Å²) in [7, 11) is -3.49. The van der Waals surface area contributed by atoms with Crippen molar-refractivity contribution < 1.29 is 22.3 Å². The quantitative estimate of drug-likeness (QED) is 0.261. The molecule has 2 aliphatic rings. The van der Waals surface area contributed by atoms with Crippen LogP contribution < -0.4 is 10.6 Å². The number of anilines is 3. The highest BCUT2D eigenvalue weighted by Gasteiger charge is 2.37. The highest BCUT2D eigenvalue weighted by atomic mass is 32.2. The maximum atomic E-state index is 13.2. The number of alkyl halides is 2. The van der Waals surface area contributed by atoms with Crippen LogP contribution in [0.3, 0.4) is 0 Å². The molecule has 4 aromatic rings. The van der Waals surface area contributed by atoms with Crippen LogP contribution in [0, 0.1) is 0 Å². The number of nitrogens with zero attached hydrogens (tertiary/aromatic N) is 7. The SMILES string of the molecule is CC1(O)CCC(Nc2nc(Nc3ccnc(-c4cnn(S(=O)(=O)C5CC5)c4)c3)ncc2-c2ccn(C(F)F)n2)CC1. The predicted octanol–water partition coefficient (Wildman–Crippen LogP) is 4.18. The molecule has 12 nitrogen and oxygen atoms in total. The molecular formula is C26H29F2N9O3S. The Morgan fingerprint density at radius 1 is 1.10 bits per heavy atom. The Morgan fingerprint density at radius 2 is 1.88 bits per heavy atom. The van der Waals surface area contributed by atoms with E-state index in [-0.39, 0.29) is 17.2 Å². The number of nitrogens with one attached hydrogen (secondary N) is 2. The van der Waals surface area contributed by atoms with Gasteiger partial charge in [-0.2, -0.15) is 28.0 Å². The number of aromatic nitrogens is 7. The summed E-state index contributed by atoms with van der Waals surface area (Å²) < 4.78 is 52.9. The highest BCUT2D eigenvalue weighted by molar-refractivity contribution is 7.90. The van der Waals surface area contributed by atoms with E-state index in [2.05, 4.69) is 35.8 Å². The molecule has 0 saturated heterocycles. The third-order valence-electron chi connectivity index (χ3n) is 7.35. The van der Waals surface area contributed by atoms with Crippen LogP contribution in [0.1, 0.15) is 52.0 Å². The van der Waals surface area contributed by atoms with Gasteiger partial charge in [0.05, 0.1) is 40.2 Å². The van der Waals surface area contributed by atoms with Gasteiger partial charge in [-0.3, -0.25) is 4.98 Å². The Hall–Kier alpha value is -3.98. The second-order valence-electron chi connectivity index (χ2n) is 10.7. The van der Waals surface area contributed by atoms with Crippen LogP contribution >= 0.6 is 0 Å². The maximum absolute atomic E-state index is 13.2. The van der Waals surface area contributed by atoms with E-state index < -0.39 is 22.2 Å². The Labute approximate surface area is 234 Å². The largest absolute Gasteiger partial charge is 0.390 e. The first-order chi connectivity index (χ1) is 19.6. The first-order valence-electron chi connectivity index (χ1n) is 13.3. The normalized spacial score (nSPS) is 21.2. The van der Waals surface area contributed by atoms with Crippen LogP contribution in [-0.2, 0) is 10.0 Å². The fourth-order valence-electron chi connectivity index (χ4n) is 4.80. The Balaban J connectivity index is 1.26. The fourth-order valence-corrected chi connectivity index (χ4v) is 6.27. The van der Waals surface area contributed by atoms with Crippen molar-refractivity contribution in [3.63, 3.8) is 0 Å². The molecule has 15 heteroatoms. The number of aliphatic hydroxyl groups is 1. The fraction of sp³-hybridized carbons (Fsp3) is 0.423. The molecule has 41 heavy (non-hydrogen) atoms. The van der Waals surface area contributed by atoms with E-state index in [9.17, 15) is 22.3 Å². The molecule has 216 valence electrons. The van der Waals surface area contributed by atoms with Crippen molar-refractivity contribution in [2.24, 2.45) is 0 Å². The van der Waals surface area contributed by atoms with Gasteiger partial charge in [0.15, 0.2) is 0 Å². The number of hydrogen-bond donors (Lipinski definition) is 3. The summed E-state index contributed by atoms with van der Waals surface area (Å²) in [6, 6.07) is 4.94. The minimum atomic E-state index is -3.49. The predicted molar refractivity (Wildman–Crippen MR) is 147 cm³/mol. The minimum Gasteiger partial charge on any atom is -0.390 e. The first-order valence-corrected chi connectivity index (χ1v) is 14.8. The average molecular weight is 586 g/mol. The molecular weight excluding hydrogens is 556 g/mol. The van der Waals surface area contributed by atoms with Crippen LogP contribution in [0.5, 0.6) is 0 Å². The second-order valence-corrected chi connectivity index (χ2v) is 12.8. The van der Waals surface area contributed by atoms with Crippen molar-refractivity contribution in [1.82, 2.24) is 33.9 Å². The van der Waals surface area contributed by atoms with Gasteiger partial charge >= 0.3 is 6.55 Å². The summed E-state index contributed by atoms with van der Waals surface area (Å²) in [6.07, 6.45) is 11.1. The summed E-state index contributed by atoms with van der Waals surface area (Å²) in [6.45, 7) is -0.956. The van der Waals surface area contributed by atoms with E-state index in [1.54, 1.807) is 18.3 Å². The van der Waals surface area contributed by atoms with Crippen LogP contribution in [-0.4, -0.2) is 64.3 Å². The van der Waals surface area contributed by atoms with Gasteiger partial charge < -0.3 is 15.7 Å². The van der Waals surface area contributed by atoms with Gasteiger partial charge in [-0.1, -0.05) is 0 Å². The standard InChI is InChI=1S/C26H29F2N9O3S/c1-26(38)8-4-17(5-9-26)32-23-20(21-7-11-36(35-21)24(27)28)14-30-25(34-23)33-18-6-10-29-22(12-18)16-13-31-37(15-16)41(39,40)19-2-3-19/h6-7,10-15,17,19,24,38H,2-5,8-9H2,1H3,(H2,29,30,32,33,34). The molecule has 4 aromatic heterocycles. The topological polar surface area (TPSA) is 153 Å². The van der Waals surface area contributed by atoms with E-state index in [1.807, 2.05) is 6.92 Å². The maximum Gasteiger partial charge on any atom is 0.333 e. The third-order valence-corrected chi connectivity index (χ3v) is 9.39. The van der Waals surface area contributed by atoms with E-state index in [0.717, 1.165) is 4.09 Å². The number of hydrogen-bond acceptors (Lipinski definition) is 10. The summed E-state index contributed by atoms with van der Waals surface area (Å²) in [5, 5.41) is 24.5. The molecule has 2 saturated carbocycles. The van der Waals surface area contributed by atoms with Gasteiger partial charge in [-0.05, 0) is 63.6 Å². The molecule has 0 spiro atoms. The van der Waals surface area contributed by atoms with Gasteiger partial charge in [0.1, 0.15) is 5.82 Å². The molecule has 0 bridgehead atoms. The smallest absolute Gasteiger partial charge is 0.333 e. The lowest BCUT2D eigenvalue weighted by molar-refractivity contribution is 0.0196. The molecule has 2 aliphatic carbocycles. The lowest BCUT2D eigenvalue weighted by Gasteiger charge is -2.33. The first kappa shape index (κ1) is 27.2. The minimum absolute atomic E-state index is 0.0184. The van der Waals surface area contributed by atoms with E-state index in [0.29, 0.717) is 77.2 Å². The van der Waals surface area contributed by atoms with Crippen LogP contribution in [0.25, 0.3) is 22.5 Å². The lowest BCUT2D eigenvalue weighted by atomic mass is 9.83. The van der Waals surface area contributed by atoms with Gasteiger partial charge in [-0.25, -0.2) is 18.1 Å². The van der Waals surface area contributed by atoms with Crippen LogP contribution in [0.2, 0.25) is 0 Å². The van der Waals surface area contributed by atoms with Crippen molar-refractivity contribution in [2.45, 2.75) is 68.9 Å². The highest BCUT2D eigenvalue weighted by Crippen LogP contribution is 2.34. The Bertz CT molecular complexity index is 1660. The van der Waals surface area contributed by atoms with Gasteiger partial charge in [-0.15, -0.1) is 0 Å². The lowest BCUT2D eigenvalue weighted by Crippen LogP contribution is -2.36. The van der Waals surface area contributed by atoms with Gasteiger partial charge in [0, 0.05) is 35.9 Å². The molecule has 3 N–H and O–H groups in total. The molecule has 2 fully saturated rings. The molecule has 4 heterocycles. The van der Waals surface area contributed by atoms with Crippen LogP contribution in [0.15, 0.2) is 49.2 Å². The molecule has 6 rings (SSSR count). The zero-order valence-electron chi connectivity index (χ0n) is 22.2. The summed E-state index contributed by atoms with van der Waals surface area (Å²) in [5.41, 5.74) is 1.70. The van der Waals surface area contributed by atoms with Crippen LogP contribution in [0.4, 0.5) is 26.2 Å². The van der Waals surface area contributed by atoms with Crippen molar-refractivity contribution in [3.05, 3.63) is 49.2 Å². The van der Waals surface area contributed by atoms with E-state index in [1.165, 1.54) is 30.9 Å². The monoisotopic (exact) mass is 585 g/mol. The van der Waals surface area contributed by atoms with E-state index >= 15 is 0 Å². The summed E-state index contributed by atoms with van der Waals surface area (Å²) in [4.78, 5) is 13.4. The molecule has 0 radical (unpaired) electrons. The third kappa shape index (κ3) is 5.91. The Morgan fingerprint density at radius 3 is 2.59 bits per heavy atom. The Kier molecular flexibility index (Phi) is 6.93. The van der Waals surface area contributed by atoms with E-state index in [4.69, 9.17) is 0 Å². The zero-order valence-corrected chi connectivity index (χ0v) is 23.0. The van der Waals surface area contributed by atoms with Crippen molar-refractivity contribution in [2.75, 3.05) is 10.6 Å². The number of rotatable bonds is 9. The molecule has 0 aliphatic heterocycles. The number of halogens is 2. The molecule has 0 unspecified atom stereocenters. The summed E-state index contributed by atoms with van der Waals surface area (Å²) in [5.74, 6) is 0.672. The molecule has 0 atom stereocenters. The van der Waals surface area contributed by atoms with Crippen molar-refractivity contribution >= 4 is 27.5 Å².